The molecule has 1 fully saturated rings. The Morgan fingerprint density at radius 2 is 2.05 bits per heavy atom. The number of hydrogen-bond donors (Lipinski definition) is 0. The largest absolute Gasteiger partial charge is 0.480 e. The average Bonchev–Trinajstić information content (AvgIpc) is 2.70. The van der Waals surface area contributed by atoms with Gasteiger partial charge in [-0.2, -0.15) is 0 Å². The summed E-state index contributed by atoms with van der Waals surface area (Å²) >= 11 is 0. The van der Waals surface area contributed by atoms with E-state index in [1.54, 1.807) is 0 Å². The van der Waals surface area contributed by atoms with Crippen molar-refractivity contribution in [2.24, 2.45) is 0 Å². The standard InChI is InChI=1S/C16H21N3O2/c1-13-11-19-10-6-7-14(16(19)17-13)21-12-15(20)18-8-4-2-3-5-9-18/h6-7,10-11H,2-5,8-9,12H2,1H3. The third-order valence-electron chi connectivity index (χ3n) is 3.88. The Hall–Kier alpha value is -2.04. The van der Waals surface area contributed by atoms with E-state index in [0.29, 0.717) is 5.75 Å². The van der Waals surface area contributed by atoms with Gasteiger partial charge in [0.25, 0.3) is 5.91 Å². The number of likely N-dealkylation sites (tertiary alicyclic amines) is 1. The number of aromatic nitrogens is 2. The van der Waals surface area contributed by atoms with E-state index in [0.717, 1.165) is 37.3 Å². The molecule has 3 rings (SSSR count). The summed E-state index contributed by atoms with van der Waals surface area (Å²) in [4.78, 5) is 18.6. The van der Waals surface area contributed by atoms with E-state index in [1.165, 1.54) is 12.8 Å². The van der Waals surface area contributed by atoms with Gasteiger partial charge in [-0.15, -0.1) is 0 Å². The first kappa shape index (κ1) is 13.9. The minimum absolute atomic E-state index is 0.0715. The second-order valence-electron chi connectivity index (χ2n) is 5.57. The summed E-state index contributed by atoms with van der Waals surface area (Å²) in [5, 5.41) is 0. The van der Waals surface area contributed by atoms with Crippen molar-refractivity contribution in [2.45, 2.75) is 32.6 Å². The van der Waals surface area contributed by atoms with Crippen molar-refractivity contribution in [3.63, 3.8) is 0 Å². The topological polar surface area (TPSA) is 46.8 Å². The number of pyridine rings is 1. The van der Waals surface area contributed by atoms with Crippen LogP contribution in [0, 0.1) is 6.92 Å². The summed E-state index contributed by atoms with van der Waals surface area (Å²) in [6.45, 7) is 3.74. The van der Waals surface area contributed by atoms with Gasteiger partial charge in [-0.1, -0.05) is 12.8 Å². The summed E-state index contributed by atoms with van der Waals surface area (Å²) in [7, 11) is 0. The van der Waals surface area contributed by atoms with Crippen molar-refractivity contribution < 1.29 is 9.53 Å². The number of aryl methyl sites for hydroxylation is 1. The fourth-order valence-corrected chi connectivity index (χ4v) is 2.77. The van der Waals surface area contributed by atoms with Crippen LogP contribution in [0.1, 0.15) is 31.4 Å². The molecule has 0 bridgehead atoms. The molecule has 0 aromatic carbocycles. The monoisotopic (exact) mass is 287 g/mol. The quantitative estimate of drug-likeness (QED) is 0.871. The molecular weight excluding hydrogens is 266 g/mol. The van der Waals surface area contributed by atoms with Crippen LogP contribution in [0.4, 0.5) is 0 Å². The smallest absolute Gasteiger partial charge is 0.260 e. The number of ether oxygens (including phenoxy) is 1. The van der Waals surface area contributed by atoms with Crippen molar-refractivity contribution in [3.8, 4) is 5.75 Å². The summed E-state index contributed by atoms with van der Waals surface area (Å²) in [5.74, 6) is 0.732. The van der Waals surface area contributed by atoms with Crippen LogP contribution in [0.15, 0.2) is 24.5 Å². The zero-order chi connectivity index (χ0) is 14.7. The van der Waals surface area contributed by atoms with Gasteiger partial charge in [-0.25, -0.2) is 4.98 Å². The third kappa shape index (κ3) is 3.17. The summed E-state index contributed by atoms with van der Waals surface area (Å²) < 4.78 is 7.63. The molecular formula is C16H21N3O2. The van der Waals surface area contributed by atoms with E-state index in [1.807, 2.05) is 40.8 Å². The van der Waals surface area contributed by atoms with Crippen LogP contribution >= 0.6 is 0 Å². The maximum Gasteiger partial charge on any atom is 0.260 e. The maximum atomic E-state index is 12.2. The SMILES string of the molecule is Cc1cn2cccc(OCC(=O)N3CCCCCC3)c2n1. The van der Waals surface area contributed by atoms with E-state index < -0.39 is 0 Å². The Morgan fingerprint density at radius 1 is 1.29 bits per heavy atom. The first-order valence-corrected chi connectivity index (χ1v) is 7.59. The third-order valence-corrected chi connectivity index (χ3v) is 3.88. The number of rotatable bonds is 3. The predicted molar refractivity (Wildman–Crippen MR) is 80.5 cm³/mol. The highest BCUT2D eigenvalue weighted by molar-refractivity contribution is 5.78. The molecule has 21 heavy (non-hydrogen) atoms. The normalized spacial score (nSPS) is 16.0. The minimum atomic E-state index is 0.0715. The Kier molecular flexibility index (Phi) is 4.08. The van der Waals surface area contributed by atoms with Gasteiger partial charge in [0.15, 0.2) is 18.0 Å². The molecule has 5 nitrogen and oxygen atoms in total. The van der Waals surface area contributed by atoms with Crippen LogP contribution in [0.5, 0.6) is 5.75 Å². The van der Waals surface area contributed by atoms with Gasteiger partial charge >= 0.3 is 0 Å². The molecule has 5 heteroatoms. The molecule has 0 saturated carbocycles. The molecule has 1 amide bonds. The number of imidazole rings is 1. The molecule has 0 unspecified atom stereocenters. The molecule has 0 radical (unpaired) electrons. The average molecular weight is 287 g/mol. The van der Waals surface area contributed by atoms with Gasteiger partial charge in [-0.05, 0) is 31.9 Å². The lowest BCUT2D eigenvalue weighted by atomic mass is 10.2. The second-order valence-corrected chi connectivity index (χ2v) is 5.57. The maximum absolute atomic E-state index is 12.2. The predicted octanol–water partition coefficient (Wildman–Crippen LogP) is 2.42. The number of nitrogens with zero attached hydrogens (tertiary/aromatic N) is 3. The number of hydrogen-bond acceptors (Lipinski definition) is 3. The van der Waals surface area contributed by atoms with Crippen LogP contribution in [0.25, 0.3) is 5.65 Å². The molecule has 1 aliphatic heterocycles. The van der Waals surface area contributed by atoms with E-state index in [4.69, 9.17) is 4.74 Å². The summed E-state index contributed by atoms with van der Waals surface area (Å²) in [6.07, 6.45) is 8.51. The number of carbonyl (C=O) groups is 1. The van der Waals surface area contributed by atoms with Crippen LogP contribution in [-0.4, -0.2) is 39.9 Å². The molecule has 0 spiro atoms. The van der Waals surface area contributed by atoms with Crippen LogP contribution in [0.3, 0.4) is 0 Å². The second kappa shape index (κ2) is 6.16. The van der Waals surface area contributed by atoms with Crippen LogP contribution in [-0.2, 0) is 4.79 Å². The lowest BCUT2D eigenvalue weighted by Crippen LogP contribution is -2.35. The Morgan fingerprint density at radius 3 is 2.81 bits per heavy atom. The molecule has 2 aromatic heterocycles. The van der Waals surface area contributed by atoms with E-state index in [9.17, 15) is 4.79 Å². The molecule has 1 saturated heterocycles. The fraction of sp³-hybridized carbons (Fsp3) is 0.500. The number of fused-ring (bicyclic) bond motifs is 1. The Labute approximate surface area is 124 Å². The first-order chi connectivity index (χ1) is 10.2. The van der Waals surface area contributed by atoms with Gasteiger partial charge in [0.05, 0.1) is 5.69 Å². The van der Waals surface area contributed by atoms with Gasteiger partial charge in [0.2, 0.25) is 0 Å². The van der Waals surface area contributed by atoms with Gasteiger partial charge in [0.1, 0.15) is 0 Å². The highest BCUT2D eigenvalue weighted by Gasteiger charge is 2.16. The van der Waals surface area contributed by atoms with Crippen molar-refractivity contribution >= 4 is 11.6 Å². The summed E-state index contributed by atoms with van der Waals surface area (Å²) in [5.41, 5.74) is 1.70. The Bertz CT molecular complexity index is 627. The minimum Gasteiger partial charge on any atom is -0.480 e. The zero-order valence-electron chi connectivity index (χ0n) is 12.4. The molecule has 1 aliphatic rings. The van der Waals surface area contributed by atoms with Crippen molar-refractivity contribution in [1.29, 1.82) is 0 Å². The van der Waals surface area contributed by atoms with E-state index >= 15 is 0 Å². The van der Waals surface area contributed by atoms with Crippen molar-refractivity contribution in [1.82, 2.24) is 14.3 Å². The fourth-order valence-electron chi connectivity index (χ4n) is 2.77. The highest BCUT2D eigenvalue weighted by Crippen LogP contribution is 2.19. The summed E-state index contributed by atoms with van der Waals surface area (Å²) in [6, 6.07) is 3.76. The molecule has 0 aliphatic carbocycles. The Balaban J connectivity index is 1.67. The molecule has 0 N–H and O–H groups in total. The zero-order valence-corrected chi connectivity index (χ0v) is 12.4. The van der Waals surface area contributed by atoms with E-state index in [2.05, 4.69) is 4.98 Å². The molecule has 0 atom stereocenters. The van der Waals surface area contributed by atoms with Crippen molar-refractivity contribution in [2.75, 3.05) is 19.7 Å². The highest BCUT2D eigenvalue weighted by atomic mass is 16.5. The van der Waals surface area contributed by atoms with E-state index in [-0.39, 0.29) is 12.5 Å². The van der Waals surface area contributed by atoms with Gasteiger partial charge in [-0.3, -0.25) is 4.79 Å². The number of amides is 1. The van der Waals surface area contributed by atoms with Gasteiger partial charge in [0, 0.05) is 25.5 Å². The molecule has 112 valence electrons. The lowest BCUT2D eigenvalue weighted by Gasteiger charge is -2.20. The molecule has 2 aromatic rings. The van der Waals surface area contributed by atoms with Crippen LogP contribution in [0.2, 0.25) is 0 Å². The molecule has 3 heterocycles. The lowest BCUT2D eigenvalue weighted by molar-refractivity contribution is -0.133. The number of carbonyl (C=O) groups excluding carboxylic acids is 1. The van der Waals surface area contributed by atoms with Crippen molar-refractivity contribution in [3.05, 3.63) is 30.2 Å². The van der Waals surface area contributed by atoms with Crippen LogP contribution < -0.4 is 4.74 Å². The van der Waals surface area contributed by atoms with Gasteiger partial charge < -0.3 is 14.0 Å². The first-order valence-electron chi connectivity index (χ1n) is 7.59.